The maximum atomic E-state index is 12.3. The van der Waals surface area contributed by atoms with Crippen LogP contribution in [0.2, 0.25) is 0 Å². The molecule has 0 fully saturated rings. The van der Waals surface area contributed by atoms with Crippen LogP contribution in [0.5, 0.6) is 0 Å². The van der Waals surface area contributed by atoms with Crippen LogP contribution >= 0.6 is 0 Å². The van der Waals surface area contributed by atoms with Crippen molar-refractivity contribution in [1.29, 1.82) is 0 Å². The normalized spacial score (nSPS) is 10.6. The first-order chi connectivity index (χ1) is 11.9. The Morgan fingerprint density at radius 2 is 1.72 bits per heavy atom. The lowest BCUT2D eigenvalue weighted by Gasteiger charge is -2.17. The molecule has 2 rings (SSSR count). The molecule has 0 saturated carbocycles. The van der Waals surface area contributed by atoms with E-state index in [1.54, 1.807) is 19.2 Å². The fourth-order valence-corrected chi connectivity index (χ4v) is 2.58. The van der Waals surface area contributed by atoms with E-state index in [2.05, 4.69) is 10.6 Å². The average molecular weight is 339 g/mol. The first-order valence-electron chi connectivity index (χ1n) is 8.25. The molecule has 2 N–H and O–H groups in total. The van der Waals surface area contributed by atoms with Crippen LogP contribution < -0.4 is 10.6 Å². The van der Waals surface area contributed by atoms with Gasteiger partial charge in [-0.3, -0.25) is 14.5 Å². The summed E-state index contributed by atoms with van der Waals surface area (Å²) in [6.07, 6.45) is 0. The third-order valence-electron chi connectivity index (χ3n) is 3.98. The van der Waals surface area contributed by atoms with E-state index in [0.29, 0.717) is 18.7 Å². The number of likely N-dealkylation sites (N-methyl/N-ethyl adjacent to an activating group) is 1. The lowest BCUT2D eigenvalue weighted by molar-refractivity contribution is -0.117. The van der Waals surface area contributed by atoms with Gasteiger partial charge in [0.05, 0.1) is 6.54 Å². The van der Waals surface area contributed by atoms with Crippen LogP contribution in [-0.4, -0.2) is 37.4 Å². The maximum absolute atomic E-state index is 12.3. The van der Waals surface area contributed by atoms with Crippen molar-refractivity contribution >= 4 is 17.5 Å². The van der Waals surface area contributed by atoms with Gasteiger partial charge in [0, 0.05) is 24.8 Å². The Balaban J connectivity index is 1.91. The molecule has 0 saturated heterocycles. The second kappa shape index (κ2) is 8.44. The highest BCUT2D eigenvalue weighted by atomic mass is 16.2. The SMILES string of the molecule is CNC(=O)c1ccc(CN(C)CC(=O)Nc2cc(C)ccc2C)cc1. The minimum atomic E-state index is -0.104. The first kappa shape index (κ1) is 18.7. The van der Waals surface area contributed by atoms with E-state index in [-0.39, 0.29) is 11.8 Å². The van der Waals surface area contributed by atoms with Crippen LogP contribution in [0.25, 0.3) is 0 Å². The number of aryl methyl sites for hydroxylation is 2. The van der Waals surface area contributed by atoms with Crippen LogP contribution in [0.3, 0.4) is 0 Å². The summed E-state index contributed by atoms with van der Waals surface area (Å²) < 4.78 is 0. The number of benzene rings is 2. The van der Waals surface area contributed by atoms with Crippen LogP contribution in [0.4, 0.5) is 5.69 Å². The molecule has 0 spiro atoms. The number of hydrogen-bond donors (Lipinski definition) is 2. The standard InChI is InChI=1S/C20H25N3O2/c1-14-5-6-15(2)18(11-14)22-19(24)13-23(4)12-16-7-9-17(10-8-16)20(25)21-3/h5-11H,12-13H2,1-4H3,(H,21,25)(H,22,24). The summed E-state index contributed by atoms with van der Waals surface area (Å²) in [4.78, 5) is 25.7. The van der Waals surface area contributed by atoms with Crippen LogP contribution in [0.1, 0.15) is 27.0 Å². The molecule has 0 bridgehead atoms. The largest absolute Gasteiger partial charge is 0.355 e. The van der Waals surface area contributed by atoms with Crippen molar-refractivity contribution in [1.82, 2.24) is 10.2 Å². The zero-order valence-electron chi connectivity index (χ0n) is 15.2. The van der Waals surface area contributed by atoms with Crippen molar-refractivity contribution in [3.63, 3.8) is 0 Å². The quantitative estimate of drug-likeness (QED) is 0.851. The number of nitrogens with zero attached hydrogens (tertiary/aromatic N) is 1. The van der Waals surface area contributed by atoms with Crippen molar-refractivity contribution in [2.24, 2.45) is 0 Å². The Bertz CT molecular complexity index is 754. The van der Waals surface area contributed by atoms with E-state index < -0.39 is 0 Å². The molecule has 5 heteroatoms. The molecular formula is C20H25N3O2. The molecule has 0 aliphatic carbocycles. The number of rotatable bonds is 6. The smallest absolute Gasteiger partial charge is 0.251 e. The van der Waals surface area contributed by atoms with E-state index in [1.165, 1.54) is 0 Å². The summed E-state index contributed by atoms with van der Waals surface area (Å²) in [6, 6.07) is 13.4. The number of carbonyl (C=O) groups is 2. The third-order valence-corrected chi connectivity index (χ3v) is 3.98. The highest BCUT2D eigenvalue weighted by Crippen LogP contribution is 2.16. The predicted molar refractivity (Wildman–Crippen MR) is 101 cm³/mol. The molecule has 132 valence electrons. The number of anilines is 1. The highest BCUT2D eigenvalue weighted by molar-refractivity contribution is 5.94. The fourth-order valence-electron chi connectivity index (χ4n) is 2.58. The summed E-state index contributed by atoms with van der Waals surface area (Å²) in [6.45, 7) is 4.91. The van der Waals surface area contributed by atoms with E-state index in [4.69, 9.17) is 0 Å². The van der Waals surface area contributed by atoms with Crippen molar-refractivity contribution in [3.8, 4) is 0 Å². The van der Waals surface area contributed by atoms with Crippen molar-refractivity contribution in [2.45, 2.75) is 20.4 Å². The molecule has 0 radical (unpaired) electrons. The second-order valence-electron chi connectivity index (χ2n) is 6.31. The second-order valence-corrected chi connectivity index (χ2v) is 6.31. The van der Waals surface area contributed by atoms with Gasteiger partial charge in [-0.1, -0.05) is 24.3 Å². The summed E-state index contributed by atoms with van der Waals surface area (Å²) in [7, 11) is 3.51. The van der Waals surface area contributed by atoms with E-state index in [1.807, 2.05) is 56.1 Å². The maximum Gasteiger partial charge on any atom is 0.251 e. The fraction of sp³-hybridized carbons (Fsp3) is 0.300. The van der Waals surface area contributed by atoms with Crippen molar-refractivity contribution in [3.05, 3.63) is 64.7 Å². The van der Waals surface area contributed by atoms with E-state index >= 15 is 0 Å². The Kier molecular flexibility index (Phi) is 6.31. The number of amides is 2. The van der Waals surface area contributed by atoms with Gasteiger partial charge in [-0.2, -0.15) is 0 Å². The number of hydrogen-bond acceptors (Lipinski definition) is 3. The molecule has 0 unspecified atom stereocenters. The summed E-state index contributed by atoms with van der Waals surface area (Å²) >= 11 is 0. The average Bonchev–Trinajstić information content (AvgIpc) is 2.58. The van der Waals surface area contributed by atoms with Gasteiger partial charge in [-0.25, -0.2) is 0 Å². The molecule has 2 amide bonds. The first-order valence-corrected chi connectivity index (χ1v) is 8.25. The summed E-state index contributed by atoms with van der Waals surface area (Å²) in [5, 5.41) is 5.56. The molecule has 2 aromatic carbocycles. The Hall–Kier alpha value is -2.66. The molecule has 5 nitrogen and oxygen atoms in total. The molecule has 0 aromatic heterocycles. The van der Waals surface area contributed by atoms with Gasteiger partial charge in [0.15, 0.2) is 0 Å². The van der Waals surface area contributed by atoms with E-state index in [0.717, 1.165) is 22.4 Å². The van der Waals surface area contributed by atoms with Gasteiger partial charge >= 0.3 is 0 Å². The predicted octanol–water partition coefficient (Wildman–Crippen LogP) is 2.73. The van der Waals surface area contributed by atoms with Gasteiger partial charge < -0.3 is 10.6 Å². The Labute approximate surface area is 149 Å². The summed E-state index contributed by atoms with van der Waals surface area (Å²) in [5.41, 5.74) is 4.70. The molecule has 0 heterocycles. The topological polar surface area (TPSA) is 61.4 Å². The van der Waals surface area contributed by atoms with Gasteiger partial charge in [0.25, 0.3) is 5.91 Å². The van der Waals surface area contributed by atoms with Gasteiger partial charge in [0.2, 0.25) is 5.91 Å². The van der Waals surface area contributed by atoms with Crippen LogP contribution in [0.15, 0.2) is 42.5 Å². The van der Waals surface area contributed by atoms with E-state index in [9.17, 15) is 9.59 Å². The van der Waals surface area contributed by atoms with Crippen LogP contribution in [-0.2, 0) is 11.3 Å². The summed E-state index contributed by atoms with van der Waals surface area (Å²) in [5.74, 6) is -0.147. The third kappa shape index (κ3) is 5.43. The van der Waals surface area contributed by atoms with Crippen molar-refractivity contribution < 1.29 is 9.59 Å². The van der Waals surface area contributed by atoms with Gasteiger partial charge in [-0.05, 0) is 55.8 Å². The Morgan fingerprint density at radius 1 is 1.04 bits per heavy atom. The lowest BCUT2D eigenvalue weighted by atomic mass is 10.1. The monoisotopic (exact) mass is 339 g/mol. The molecule has 0 aliphatic rings. The molecular weight excluding hydrogens is 314 g/mol. The lowest BCUT2D eigenvalue weighted by Crippen LogP contribution is -2.30. The zero-order chi connectivity index (χ0) is 18.4. The molecule has 25 heavy (non-hydrogen) atoms. The minimum Gasteiger partial charge on any atom is -0.355 e. The Morgan fingerprint density at radius 3 is 2.36 bits per heavy atom. The zero-order valence-corrected chi connectivity index (χ0v) is 15.2. The van der Waals surface area contributed by atoms with Gasteiger partial charge in [0.1, 0.15) is 0 Å². The highest BCUT2D eigenvalue weighted by Gasteiger charge is 2.10. The molecule has 0 aliphatic heterocycles. The van der Waals surface area contributed by atoms with Gasteiger partial charge in [-0.15, -0.1) is 0 Å². The van der Waals surface area contributed by atoms with Crippen molar-refractivity contribution in [2.75, 3.05) is 26.0 Å². The molecule has 0 atom stereocenters. The number of nitrogens with one attached hydrogen (secondary N) is 2. The minimum absolute atomic E-state index is 0.0434. The molecule has 2 aromatic rings. The number of carbonyl (C=O) groups excluding carboxylic acids is 2. The van der Waals surface area contributed by atoms with Crippen LogP contribution in [0, 0.1) is 13.8 Å².